The van der Waals surface area contributed by atoms with Gasteiger partial charge in [-0.3, -0.25) is 4.18 Å². The molecular weight excluding hydrogens is 312 g/mol. The maximum absolute atomic E-state index is 12.2. The molecule has 0 amide bonds. The maximum Gasteiger partial charge on any atom is 0.296 e. The molecule has 2 rings (SSSR count). The molecule has 130 valence electrons. The number of rotatable bonds is 8. The lowest BCUT2D eigenvalue weighted by Gasteiger charge is -2.28. The fourth-order valence-corrected chi connectivity index (χ4v) is 3.80. The van der Waals surface area contributed by atoms with Crippen molar-refractivity contribution in [1.29, 1.82) is 0 Å². The Labute approximate surface area is 140 Å². The number of hydrogen-bond donors (Lipinski definition) is 0. The van der Waals surface area contributed by atoms with Crippen molar-refractivity contribution in [1.82, 2.24) is 0 Å². The van der Waals surface area contributed by atoms with Crippen LogP contribution in [-0.2, 0) is 19.0 Å². The zero-order chi connectivity index (χ0) is 16.7. The van der Waals surface area contributed by atoms with E-state index in [0.29, 0.717) is 12.0 Å². The van der Waals surface area contributed by atoms with Crippen molar-refractivity contribution in [3.05, 3.63) is 29.8 Å². The summed E-state index contributed by atoms with van der Waals surface area (Å²) in [4.78, 5) is 0.236. The molecule has 1 saturated carbocycles. The van der Waals surface area contributed by atoms with Gasteiger partial charge in [-0.1, -0.05) is 31.0 Å². The Hall–Kier alpha value is -0.910. The third-order valence-electron chi connectivity index (χ3n) is 4.41. The van der Waals surface area contributed by atoms with Gasteiger partial charge in [0.1, 0.15) is 0 Å². The molecule has 23 heavy (non-hydrogen) atoms. The number of hydrogen-bond acceptors (Lipinski definition) is 4. The second-order valence-electron chi connectivity index (χ2n) is 6.42. The minimum absolute atomic E-state index is 0.236. The fraction of sp³-hybridized carbons (Fsp3) is 0.667. The Morgan fingerprint density at radius 1 is 1.09 bits per heavy atom. The highest BCUT2D eigenvalue weighted by Crippen LogP contribution is 2.27. The molecule has 0 bridgehead atoms. The van der Waals surface area contributed by atoms with E-state index in [1.807, 2.05) is 6.92 Å². The molecule has 4 nitrogen and oxygen atoms in total. The van der Waals surface area contributed by atoms with E-state index >= 15 is 0 Å². The molecule has 0 saturated heterocycles. The van der Waals surface area contributed by atoms with Crippen molar-refractivity contribution in [2.45, 2.75) is 63.4 Å². The summed E-state index contributed by atoms with van der Waals surface area (Å²) in [6, 6.07) is 6.77. The first-order valence-electron chi connectivity index (χ1n) is 8.59. The Balaban J connectivity index is 1.75. The van der Waals surface area contributed by atoms with Crippen molar-refractivity contribution in [3.8, 4) is 0 Å². The summed E-state index contributed by atoms with van der Waals surface area (Å²) in [6.07, 6.45) is 6.55. The highest BCUT2D eigenvalue weighted by Gasteiger charge is 2.24. The van der Waals surface area contributed by atoms with Crippen molar-refractivity contribution in [2.24, 2.45) is 5.92 Å². The molecule has 1 fully saturated rings. The summed E-state index contributed by atoms with van der Waals surface area (Å²) in [5, 5.41) is 0. The van der Waals surface area contributed by atoms with E-state index in [0.717, 1.165) is 50.7 Å². The van der Waals surface area contributed by atoms with Crippen LogP contribution >= 0.6 is 0 Å². The Morgan fingerprint density at radius 2 is 1.74 bits per heavy atom. The van der Waals surface area contributed by atoms with E-state index in [4.69, 9.17) is 8.92 Å². The summed E-state index contributed by atoms with van der Waals surface area (Å²) in [5.41, 5.74) is 1.03. The first-order chi connectivity index (χ1) is 11.0. The van der Waals surface area contributed by atoms with E-state index in [9.17, 15) is 8.42 Å². The zero-order valence-corrected chi connectivity index (χ0v) is 15.0. The van der Waals surface area contributed by atoms with Gasteiger partial charge in [0.25, 0.3) is 10.1 Å². The number of ether oxygens (including phenoxy) is 1. The fourth-order valence-electron chi connectivity index (χ4n) is 2.82. The Morgan fingerprint density at radius 3 is 2.35 bits per heavy atom. The average molecular weight is 340 g/mol. The first kappa shape index (κ1) is 18.4. The molecule has 1 aliphatic rings. The average Bonchev–Trinajstić information content (AvgIpc) is 2.55. The van der Waals surface area contributed by atoms with E-state index in [1.54, 1.807) is 24.3 Å². The van der Waals surface area contributed by atoms with Gasteiger partial charge >= 0.3 is 0 Å². The van der Waals surface area contributed by atoms with Crippen LogP contribution in [-0.4, -0.2) is 27.7 Å². The lowest BCUT2D eigenvalue weighted by atomic mass is 9.88. The lowest BCUT2D eigenvalue weighted by molar-refractivity contribution is 0.0119. The molecule has 0 unspecified atom stereocenters. The van der Waals surface area contributed by atoms with Crippen LogP contribution in [0.25, 0.3) is 0 Å². The van der Waals surface area contributed by atoms with Crippen LogP contribution < -0.4 is 0 Å². The maximum atomic E-state index is 12.2. The largest absolute Gasteiger partial charge is 0.378 e. The molecule has 1 aromatic rings. The molecule has 0 radical (unpaired) electrons. The highest BCUT2D eigenvalue weighted by atomic mass is 32.2. The molecule has 0 spiro atoms. The third-order valence-corrected chi connectivity index (χ3v) is 5.71. The van der Waals surface area contributed by atoms with E-state index in [-0.39, 0.29) is 11.5 Å². The van der Waals surface area contributed by atoms with Gasteiger partial charge in [0.2, 0.25) is 0 Å². The SMILES string of the molecule is CCCCOC1CCC(COS(=O)(=O)c2ccc(C)cc2)CC1. The quantitative estimate of drug-likeness (QED) is 0.528. The topological polar surface area (TPSA) is 52.6 Å². The predicted octanol–water partition coefficient (Wildman–Crippen LogP) is 4.08. The van der Waals surface area contributed by atoms with Crippen molar-refractivity contribution in [3.63, 3.8) is 0 Å². The number of unbranched alkanes of at least 4 members (excludes halogenated alkanes) is 1. The van der Waals surface area contributed by atoms with Crippen LogP contribution in [0.2, 0.25) is 0 Å². The second-order valence-corrected chi connectivity index (χ2v) is 8.03. The van der Waals surface area contributed by atoms with Crippen LogP contribution in [0.1, 0.15) is 51.0 Å². The summed E-state index contributed by atoms with van der Waals surface area (Å²) in [7, 11) is -3.64. The van der Waals surface area contributed by atoms with E-state index < -0.39 is 10.1 Å². The molecule has 0 aliphatic heterocycles. The molecular formula is C18H28O4S. The molecule has 1 aliphatic carbocycles. The van der Waals surface area contributed by atoms with Crippen LogP contribution in [0, 0.1) is 12.8 Å². The van der Waals surface area contributed by atoms with Gasteiger partial charge in [-0.15, -0.1) is 0 Å². The molecule has 0 atom stereocenters. The van der Waals surface area contributed by atoms with Gasteiger partial charge in [-0.25, -0.2) is 0 Å². The van der Waals surface area contributed by atoms with Gasteiger partial charge in [0, 0.05) is 6.61 Å². The van der Waals surface area contributed by atoms with Crippen LogP contribution in [0.5, 0.6) is 0 Å². The summed E-state index contributed by atoms with van der Waals surface area (Å²) >= 11 is 0. The molecule has 5 heteroatoms. The molecule has 0 heterocycles. The summed E-state index contributed by atoms with van der Waals surface area (Å²) in [5.74, 6) is 0.307. The third kappa shape index (κ3) is 5.90. The predicted molar refractivity (Wildman–Crippen MR) is 90.9 cm³/mol. The van der Waals surface area contributed by atoms with Gasteiger partial charge in [0.05, 0.1) is 17.6 Å². The minimum Gasteiger partial charge on any atom is -0.378 e. The van der Waals surface area contributed by atoms with Gasteiger partial charge in [0.15, 0.2) is 0 Å². The van der Waals surface area contributed by atoms with Crippen LogP contribution in [0.4, 0.5) is 0 Å². The molecule has 1 aromatic carbocycles. The Bertz CT molecular complexity index is 557. The second kappa shape index (κ2) is 8.81. The van der Waals surface area contributed by atoms with Gasteiger partial charge in [-0.05, 0) is 57.1 Å². The normalized spacial score (nSPS) is 22.2. The number of aryl methyl sites for hydroxylation is 1. The summed E-state index contributed by atoms with van der Waals surface area (Å²) in [6.45, 7) is 5.20. The standard InChI is InChI=1S/C18H28O4S/c1-3-4-13-21-17-9-7-16(8-10-17)14-22-23(19,20)18-11-5-15(2)6-12-18/h5-6,11-12,16-17H,3-4,7-10,13-14H2,1-2H3. The zero-order valence-electron chi connectivity index (χ0n) is 14.2. The molecule has 0 N–H and O–H groups in total. The van der Waals surface area contributed by atoms with Crippen LogP contribution in [0.3, 0.4) is 0 Å². The van der Waals surface area contributed by atoms with Crippen LogP contribution in [0.15, 0.2) is 29.2 Å². The van der Waals surface area contributed by atoms with E-state index in [1.165, 1.54) is 0 Å². The van der Waals surface area contributed by atoms with Crippen molar-refractivity contribution < 1.29 is 17.3 Å². The van der Waals surface area contributed by atoms with Crippen molar-refractivity contribution >= 4 is 10.1 Å². The Kier molecular flexibility index (Phi) is 7.06. The van der Waals surface area contributed by atoms with Gasteiger partial charge in [-0.2, -0.15) is 8.42 Å². The minimum atomic E-state index is -3.64. The highest BCUT2D eigenvalue weighted by molar-refractivity contribution is 7.86. The van der Waals surface area contributed by atoms with Crippen molar-refractivity contribution in [2.75, 3.05) is 13.2 Å². The monoisotopic (exact) mass is 340 g/mol. The van der Waals surface area contributed by atoms with Gasteiger partial charge < -0.3 is 4.74 Å². The lowest BCUT2D eigenvalue weighted by Crippen LogP contribution is -2.25. The van der Waals surface area contributed by atoms with E-state index in [2.05, 4.69) is 6.92 Å². The smallest absolute Gasteiger partial charge is 0.296 e. The first-order valence-corrected chi connectivity index (χ1v) is 10.00. The summed E-state index contributed by atoms with van der Waals surface area (Å²) < 4.78 is 35.5. The number of benzene rings is 1. The molecule has 0 aromatic heterocycles.